The zero-order valence-electron chi connectivity index (χ0n) is 11.0. The largest absolute Gasteiger partial charge is 0.469 e. The van der Waals surface area contributed by atoms with Crippen molar-refractivity contribution in [3.8, 4) is 0 Å². The van der Waals surface area contributed by atoms with E-state index in [4.69, 9.17) is 9.47 Å². The molecule has 4 heteroatoms. The Labute approximate surface area is 98.9 Å². The summed E-state index contributed by atoms with van der Waals surface area (Å²) in [5, 5.41) is 0. The second kappa shape index (κ2) is 9.60. The maximum absolute atomic E-state index is 11.2. The number of hydrogen-bond acceptors (Lipinski definition) is 4. The van der Waals surface area contributed by atoms with Gasteiger partial charge in [0.05, 0.1) is 19.6 Å². The standard InChI is InChI=1S/C10H19NO3.C2H6/c1-13-8-7-11-5-3-9(4-6-11)10(12)14-2;1-2/h9H,3-8H2,1-2H3;1-2H3. The van der Waals surface area contributed by atoms with Crippen LogP contribution in [0.3, 0.4) is 0 Å². The number of hydrogen-bond donors (Lipinski definition) is 0. The molecule has 0 aliphatic carbocycles. The normalized spacial score (nSPS) is 17.5. The first-order chi connectivity index (χ1) is 7.77. The molecule has 16 heavy (non-hydrogen) atoms. The van der Waals surface area contributed by atoms with Crippen LogP contribution in [0, 0.1) is 5.92 Å². The van der Waals surface area contributed by atoms with E-state index in [1.54, 1.807) is 7.11 Å². The van der Waals surface area contributed by atoms with E-state index in [-0.39, 0.29) is 11.9 Å². The maximum Gasteiger partial charge on any atom is 0.308 e. The van der Waals surface area contributed by atoms with E-state index in [0.717, 1.165) is 39.1 Å². The van der Waals surface area contributed by atoms with Crippen LogP contribution < -0.4 is 0 Å². The Balaban J connectivity index is 0.00000106. The second-order valence-electron chi connectivity index (χ2n) is 3.63. The number of ether oxygens (including phenoxy) is 2. The fraction of sp³-hybridized carbons (Fsp3) is 0.917. The van der Waals surface area contributed by atoms with Crippen LogP contribution in [0.25, 0.3) is 0 Å². The smallest absolute Gasteiger partial charge is 0.308 e. The zero-order valence-corrected chi connectivity index (χ0v) is 11.0. The van der Waals surface area contributed by atoms with Crippen LogP contribution in [0.5, 0.6) is 0 Å². The molecule has 0 atom stereocenters. The highest BCUT2D eigenvalue weighted by atomic mass is 16.5. The average molecular weight is 231 g/mol. The van der Waals surface area contributed by atoms with Gasteiger partial charge in [-0.05, 0) is 25.9 Å². The summed E-state index contributed by atoms with van der Waals surface area (Å²) in [5.41, 5.74) is 0. The van der Waals surface area contributed by atoms with E-state index in [1.165, 1.54) is 7.11 Å². The van der Waals surface area contributed by atoms with Gasteiger partial charge in [0.25, 0.3) is 0 Å². The first kappa shape index (κ1) is 15.4. The minimum Gasteiger partial charge on any atom is -0.469 e. The van der Waals surface area contributed by atoms with Crippen molar-refractivity contribution in [2.24, 2.45) is 5.92 Å². The second-order valence-corrected chi connectivity index (χ2v) is 3.63. The molecule has 0 bridgehead atoms. The van der Waals surface area contributed by atoms with Crippen molar-refractivity contribution in [2.45, 2.75) is 26.7 Å². The Hall–Kier alpha value is -0.610. The molecule has 1 heterocycles. The van der Waals surface area contributed by atoms with Crippen LogP contribution in [-0.4, -0.2) is 51.3 Å². The summed E-state index contributed by atoms with van der Waals surface area (Å²) in [7, 11) is 3.17. The molecule has 4 nitrogen and oxygen atoms in total. The highest BCUT2D eigenvalue weighted by molar-refractivity contribution is 5.72. The van der Waals surface area contributed by atoms with Gasteiger partial charge in [0, 0.05) is 13.7 Å². The minimum absolute atomic E-state index is 0.0589. The first-order valence-corrected chi connectivity index (χ1v) is 6.07. The fourth-order valence-corrected chi connectivity index (χ4v) is 1.78. The van der Waals surface area contributed by atoms with E-state index >= 15 is 0 Å². The summed E-state index contributed by atoms with van der Waals surface area (Å²) < 4.78 is 9.73. The molecule has 0 radical (unpaired) electrons. The van der Waals surface area contributed by atoms with E-state index in [1.807, 2.05) is 13.8 Å². The molecule has 1 fully saturated rings. The molecular weight excluding hydrogens is 206 g/mol. The molecule has 96 valence electrons. The van der Waals surface area contributed by atoms with E-state index in [0.29, 0.717) is 0 Å². The van der Waals surface area contributed by atoms with E-state index < -0.39 is 0 Å². The predicted molar refractivity (Wildman–Crippen MR) is 64.4 cm³/mol. The van der Waals surface area contributed by atoms with Crippen LogP contribution >= 0.6 is 0 Å². The van der Waals surface area contributed by atoms with Crippen LogP contribution in [0.15, 0.2) is 0 Å². The summed E-state index contributed by atoms with van der Waals surface area (Å²) >= 11 is 0. The highest BCUT2D eigenvalue weighted by Gasteiger charge is 2.24. The average Bonchev–Trinajstić information content (AvgIpc) is 2.38. The lowest BCUT2D eigenvalue weighted by molar-refractivity contribution is -0.147. The van der Waals surface area contributed by atoms with Crippen molar-refractivity contribution >= 4 is 5.97 Å². The Morgan fingerprint density at radius 1 is 1.25 bits per heavy atom. The van der Waals surface area contributed by atoms with Gasteiger partial charge in [0.2, 0.25) is 0 Å². The van der Waals surface area contributed by atoms with Gasteiger partial charge in [0.15, 0.2) is 0 Å². The predicted octanol–water partition coefficient (Wildman–Crippen LogP) is 1.54. The third kappa shape index (κ3) is 5.47. The summed E-state index contributed by atoms with van der Waals surface area (Å²) in [6.07, 6.45) is 1.83. The van der Waals surface area contributed by atoms with Crippen molar-refractivity contribution in [2.75, 3.05) is 40.5 Å². The molecule has 0 aromatic rings. The number of nitrogens with zero attached hydrogens (tertiary/aromatic N) is 1. The molecule has 0 saturated carbocycles. The molecule has 0 aromatic carbocycles. The number of esters is 1. The third-order valence-electron chi connectivity index (χ3n) is 2.73. The quantitative estimate of drug-likeness (QED) is 0.688. The van der Waals surface area contributed by atoms with Gasteiger partial charge >= 0.3 is 5.97 Å². The third-order valence-corrected chi connectivity index (χ3v) is 2.73. The Morgan fingerprint density at radius 3 is 2.25 bits per heavy atom. The van der Waals surface area contributed by atoms with Crippen molar-refractivity contribution in [1.29, 1.82) is 0 Å². The molecule has 1 rings (SSSR count). The topological polar surface area (TPSA) is 38.8 Å². The van der Waals surface area contributed by atoms with Crippen LogP contribution in [-0.2, 0) is 14.3 Å². The molecular formula is C12H25NO3. The van der Waals surface area contributed by atoms with Gasteiger partial charge in [-0.25, -0.2) is 0 Å². The summed E-state index contributed by atoms with van der Waals surface area (Å²) in [6, 6.07) is 0. The van der Waals surface area contributed by atoms with Crippen molar-refractivity contribution < 1.29 is 14.3 Å². The van der Waals surface area contributed by atoms with Gasteiger partial charge in [-0.2, -0.15) is 0 Å². The van der Waals surface area contributed by atoms with E-state index in [2.05, 4.69) is 4.90 Å². The SMILES string of the molecule is CC.COCCN1CCC(C(=O)OC)CC1. The zero-order chi connectivity index (χ0) is 12.4. The number of rotatable bonds is 4. The molecule has 1 aliphatic rings. The van der Waals surface area contributed by atoms with Crippen molar-refractivity contribution in [1.82, 2.24) is 4.90 Å². The van der Waals surface area contributed by atoms with Gasteiger partial charge in [-0.1, -0.05) is 13.8 Å². The highest BCUT2D eigenvalue weighted by Crippen LogP contribution is 2.17. The lowest BCUT2D eigenvalue weighted by Crippen LogP contribution is -2.38. The molecule has 0 N–H and O–H groups in total. The Bertz CT molecular complexity index is 177. The molecule has 1 saturated heterocycles. The van der Waals surface area contributed by atoms with Crippen LogP contribution in [0.4, 0.5) is 0 Å². The van der Waals surface area contributed by atoms with E-state index in [9.17, 15) is 4.79 Å². The van der Waals surface area contributed by atoms with Crippen LogP contribution in [0.2, 0.25) is 0 Å². The minimum atomic E-state index is -0.0589. The van der Waals surface area contributed by atoms with Gasteiger partial charge in [-0.3, -0.25) is 4.79 Å². The lowest BCUT2D eigenvalue weighted by atomic mass is 9.97. The van der Waals surface area contributed by atoms with Gasteiger partial charge < -0.3 is 14.4 Å². The number of carbonyl (C=O) groups is 1. The van der Waals surface area contributed by atoms with Crippen LogP contribution in [0.1, 0.15) is 26.7 Å². The summed E-state index contributed by atoms with van der Waals surface area (Å²) in [6.45, 7) is 7.68. The summed E-state index contributed by atoms with van der Waals surface area (Å²) in [5.74, 6) is 0.0511. The molecule has 0 amide bonds. The molecule has 0 aromatic heterocycles. The number of methoxy groups -OCH3 is 2. The monoisotopic (exact) mass is 231 g/mol. The van der Waals surface area contributed by atoms with Crippen molar-refractivity contribution in [3.63, 3.8) is 0 Å². The Kier molecular flexibility index (Phi) is 9.24. The van der Waals surface area contributed by atoms with Gasteiger partial charge in [0.1, 0.15) is 0 Å². The maximum atomic E-state index is 11.2. The molecule has 0 unspecified atom stereocenters. The number of likely N-dealkylation sites (tertiary alicyclic amines) is 1. The Morgan fingerprint density at radius 2 is 1.81 bits per heavy atom. The number of piperidine rings is 1. The van der Waals surface area contributed by atoms with Gasteiger partial charge in [-0.15, -0.1) is 0 Å². The lowest BCUT2D eigenvalue weighted by Gasteiger charge is -2.30. The number of carbonyl (C=O) groups excluding carboxylic acids is 1. The summed E-state index contributed by atoms with van der Waals surface area (Å²) in [4.78, 5) is 13.5. The first-order valence-electron chi connectivity index (χ1n) is 6.07. The fourth-order valence-electron chi connectivity index (χ4n) is 1.78. The molecule has 0 spiro atoms. The van der Waals surface area contributed by atoms with Crippen molar-refractivity contribution in [3.05, 3.63) is 0 Å². The molecule has 1 aliphatic heterocycles.